The zero-order chi connectivity index (χ0) is 18.6. The fourth-order valence-corrected chi connectivity index (χ4v) is 2.75. The van der Waals surface area contributed by atoms with Crippen LogP contribution in [0.2, 0.25) is 0 Å². The molecule has 26 heavy (non-hydrogen) atoms. The van der Waals surface area contributed by atoms with Crippen molar-refractivity contribution in [3.63, 3.8) is 0 Å². The van der Waals surface area contributed by atoms with Crippen LogP contribution in [-0.4, -0.2) is 31.2 Å². The maximum absolute atomic E-state index is 12.2. The van der Waals surface area contributed by atoms with E-state index in [1.54, 1.807) is 6.08 Å². The SMILES string of the molecule is C=C/C=C(\C=C/C)CON[C@@H]1CC[C@@H](C(=O)OCc2ccccc2)NC1. The molecule has 2 rings (SSSR count). The molecule has 140 valence electrons. The number of ether oxygens (including phenoxy) is 1. The van der Waals surface area contributed by atoms with Gasteiger partial charge in [0.25, 0.3) is 0 Å². The highest BCUT2D eigenvalue weighted by Crippen LogP contribution is 2.11. The van der Waals surface area contributed by atoms with Crippen molar-refractivity contribution in [2.45, 2.75) is 38.5 Å². The summed E-state index contributed by atoms with van der Waals surface area (Å²) in [6, 6.07) is 9.62. The summed E-state index contributed by atoms with van der Waals surface area (Å²) in [6.45, 7) is 7.11. The molecule has 0 saturated carbocycles. The van der Waals surface area contributed by atoms with Crippen molar-refractivity contribution in [3.8, 4) is 0 Å². The highest BCUT2D eigenvalue weighted by Gasteiger charge is 2.26. The van der Waals surface area contributed by atoms with Crippen molar-refractivity contribution in [3.05, 3.63) is 72.4 Å². The number of piperidine rings is 1. The summed E-state index contributed by atoms with van der Waals surface area (Å²) in [5.41, 5.74) is 5.10. The van der Waals surface area contributed by atoms with Gasteiger partial charge in [-0.25, -0.2) is 0 Å². The Hall–Kier alpha value is -2.21. The smallest absolute Gasteiger partial charge is 0.323 e. The molecule has 1 saturated heterocycles. The third-order valence-electron chi connectivity index (χ3n) is 4.12. The van der Waals surface area contributed by atoms with Crippen molar-refractivity contribution >= 4 is 5.97 Å². The molecule has 5 nitrogen and oxygen atoms in total. The molecule has 0 aliphatic carbocycles. The number of esters is 1. The Morgan fingerprint density at radius 3 is 2.81 bits per heavy atom. The summed E-state index contributed by atoms with van der Waals surface area (Å²) in [4.78, 5) is 17.7. The molecule has 1 aromatic rings. The molecule has 0 radical (unpaired) electrons. The lowest BCUT2D eigenvalue weighted by atomic mass is 10.0. The van der Waals surface area contributed by atoms with Gasteiger partial charge < -0.3 is 10.1 Å². The number of nitrogens with one attached hydrogen (secondary N) is 2. The van der Waals surface area contributed by atoms with Crippen LogP contribution in [0.1, 0.15) is 25.3 Å². The van der Waals surface area contributed by atoms with Crippen LogP contribution in [0.15, 0.2) is 66.8 Å². The van der Waals surface area contributed by atoms with E-state index in [1.165, 1.54) is 0 Å². The zero-order valence-electron chi connectivity index (χ0n) is 15.3. The van der Waals surface area contributed by atoms with E-state index in [0.717, 1.165) is 24.0 Å². The summed E-state index contributed by atoms with van der Waals surface area (Å²) in [7, 11) is 0. The van der Waals surface area contributed by atoms with Crippen molar-refractivity contribution in [1.82, 2.24) is 10.8 Å². The molecule has 1 aliphatic rings. The Balaban J connectivity index is 1.66. The maximum Gasteiger partial charge on any atom is 0.323 e. The summed E-state index contributed by atoms with van der Waals surface area (Å²) in [6.07, 6.45) is 9.18. The number of benzene rings is 1. The third kappa shape index (κ3) is 6.96. The molecule has 2 atom stereocenters. The van der Waals surface area contributed by atoms with Crippen LogP contribution in [0.3, 0.4) is 0 Å². The van der Waals surface area contributed by atoms with E-state index >= 15 is 0 Å². The van der Waals surface area contributed by atoms with Gasteiger partial charge in [0.1, 0.15) is 12.6 Å². The minimum atomic E-state index is -0.254. The Morgan fingerprint density at radius 1 is 1.35 bits per heavy atom. The third-order valence-corrected chi connectivity index (χ3v) is 4.12. The van der Waals surface area contributed by atoms with E-state index < -0.39 is 0 Å². The highest BCUT2D eigenvalue weighted by atomic mass is 16.6. The van der Waals surface area contributed by atoms with Crippen LogP contribution in [0.4, 0.5) is 0 Å². The van der Waals surface area contributed by atoms with Crippen LogP contribution in [0, 0.1) is 0 Å². The molecular formula is C21H28N2O3. The number of carbonyl (C=O) groups excluding carboxylic acids is 1. The first-order chi connectivity index (χ1) is 12.7. The van der Waals surface area contributed by atoms with Crippen molar-refractivity contribution < 1.29 is 14.4 Å². The van der Waals surface area contributed by atoms with Gasteiger partial charge in [0.2, 0.25) is 0 Å². The molecule has 1 fully saturated rings. The summed E-state index contributed by atoms with van der Waals surface area (Å²) >= 11 is 0. The first kappa shape index (κ1) is 20.1. The van der Waals surface area contributed by atoms with Crippen LogP contribution in [0.25, 0.3) is 0 Å². The minimum absolute atomic E-state index is 0.170. The first-order valence-electron chi connectivity index (χ1n) is 8.98. The second-order valence-electron chi connectivity index (χ2n) is 6.21. The number of hydrogen-bond donors (Lipinski definition) is 2. The average Bonchev–Trinajstić information content (AvgIpc) is 2.68. The molecule has 0 unspecified atom stereocenters. The lowest BCUT2D eigenvalue weighted by molar-refractivity contribution is -0.148. The van der Waals surface area contributed by atoms with Gasteiger partial charge in [0.05, 0.1) is 6.61 Å². The van der Waals surface area contributed by atoms with Crippen molar-refractivity contribution in [2.75, 3.05) is 13.2 Å². The topological polar surface area (TPSA) is 59.6 Å². The van der Waals surface area contributed by atoms with E-state index in [4.69, 9.17) is 9.57 Å². The predicted octanol–water partition coefficient (Wildman–Crippen LogP) is 3.06. The predicted molar refractivity (Wildman–Crippen MR) is 103 cm³/mol. The van der Waals surface area contributed by atoms with Gasteiger partial charge in [0.15, 0.2) is 0 Å². The van der Waals surface area contributed by atoms with E-state index in [0.29, 0.717) is 19.8 Å². The number of rotatable bonds is 9. The first-order valence-corrected chi connectivity index (χ1v) is 8.98. The van der Waals surface area contributed by atoms with Crippen LogP contribution < -0.4 is 10.8 Å². The fraction of sp³-hybridized carbons (Fsp3) is 0.381. The number of allylic oxidation sites excluding steroid dienone is 3. The maximum atomic E-state index is 12.2. The lowest BCUT2D eigenvalue weighted by Crippen LogP contribution is -2.51. The monoisotopic (exact) mass is 356 g/mol. The van der Waals surface area contributed by atoms with Gasteiger partial charge in [-0.15, -0.1) is 0 Å². The Kier molecular flexibility index (Phi) is 8.83. The molecule has 2 N–H and O–H groups in total. The number of hydrogen-bond acceptors (Lipinski definition) is 5. The number of hydroxylamine groups is 1. The molecule has 0 spiro atoms. The summed E-state index contributed by atoms with van der Waals surface area (Å²) in [5.74, 6) is -0.197. The molecule has 5 heteroatoms. The highest BCUT2D eigenvalue weighted by molar-refractivity contribution is 5.75. The standard InChI is InChI=1S/C21H28N2O3/c1-3-8-17(9-4-2)16-26-23-19-12-13-20(22-14-19)21(24)25-15-18-10-6-5-7-11-18/h3-11,19-20,22-23H,1,12-16H2,2H3/b9-4-,17-8+/t19-,20+/m1/s1. The van der Waals surface area contributed by atoms with Gasteiger partial charge in [-0.1, -0.05) is 61.2 Å². The summed E-state index contributed by atoms with van der Waals surface area (Å²) < 4.78 is 5.39. The molecule has 0 amide bonds. The molecule has 0 aromatic heterocycles. The van der Waals surface area contributed by atoms with E-state index in [9.17, 15) is 4.79 Å². The molecule has 0 bridgehead atoms. The van der Waals surface area contributed by atoms with E-state index in [2.05, 4.69) is 17.4 Å². The largest absolute Gasteiger partial charge is 0.460 e. The Labute approximate surface area is 155 Å². The van der Waals surface area contributed by atoms with Gasteiger partial charge in [0, 0.05) is 12.6 Å². The zero-order valence-corrected chi connectivity index (χ0v) is 15.3. The Morgan fingerprint density at radius 2 is 2.15 bits per heavy atom. The molecule has 1 heterocycles. The van der Waals surface area contributed by atoms with Crippen LogP contribution in [0.5, 0.6) is 0 Å². The van der Waals surface area contributed by atoms with E-state index in [-0.39, 0.29) is 18.1 Å². The molecule has 1 aromatic carbocycles. The molecule has 1 aliphatic heterocycles. The van der Waals surface area contributed by atoms with Gasteiger partial charge in [-0.3, -0.25) is 9.63 Å². The second-order valence-corrected chi connectivity index (χ2v) is 6.21. The van der Waals surface area contributed by atoms with Crippen molar-refractivity contribution in [2.24, 2.45) is 0 Å². The van der Waals surface area contributed by atoms with Crippen LogP contribution in [-0.2, 0) is 21.0 Å². The normalized spacial score (nSPS) is 20.9. The molecular weight excluding hydrogens is 328 g/mol. The number of carbonyl (C=O) groups is 1. The van der Waals surface area contributed by atoms with E-state index in [1.807, 2.05) is 55.5 Å². The summed E-state index contributed by atoms with van der Waals surface area (Å²) in [5, 5.41) is 3.23. The van der Waals surface area contributed by atoms with Gasteiger partial charge in [-0.05, 0) is 30.9 Å². The second kappa shape index (κ2) is 11.4. The quantitative estimate of drug-likeness (QED) is 0.405. The fourth-order valence-electron chi connectivity index (χ4n) is 2.75. The lowest BCUT2D eigenvalue weighted by Gasteiger charge is -2.28. The minimum Gasteiger partial charge on any atom is -0.460 e. The van der Waals surface area contributed by atoms with Crippen molar-refractivity contribution in [1.29, 1.82) is 0 Å². The van der Waals surface area contributed by atoms with Gasteiger partial charge in [-0.2, -0.15) is 5.48 Å². The van der Waals surface area contributed by atoms with Crippen LogP contribution >= 0.6 is 0 Å². The Bertz CT molecular complexity index is 617. The average molecular weight is 356 g/mol. The van der Waals surface area contributed by atoms with Gasteiger partial charge >= 0.3 is 5.97 Å².